The van der Waals surface area contributed by atoms with Crippen molar-refractivity contribution in [3.63, 3.8) is 0 Å². The summed E-state index contributed by atoms with van der Waals surface area (Å²) in [6.45, 7) is 6.93. The SMILES string of the molecule is CCCC/C=C\CCCCCCCC(=O)NC(COP(=O)(O)OCC[N+](C)(C)C)C(/C=C\CCCCCCCCCCCCC)OC(=O)CCCCCCCC/C=C\C/C=C\C/C=C\CCCCC. The number of ether oxygens (including phenoxy) is 1. The van der Waals surface area contributed by atoms with E-state index in [0.29, 0.717) is 17.4 Å². The number of hydrogen-bond donors (Lipinski definition) is 2. The van der Waals surface area contributed by atoms with Crippen molar-refractivity contribution in [3.05, 3.63) is 60.8 Å². The molecule has 69 heavy (non-hydrogen) atoms. The lowest BCUT2D eigenvalue weighted by Crippen LogP contribution is -2.47. The number of likely N-dealkylation sites (N-methyl/N-ethyl adjacent to an activating group) is 1. The summed E-state index contributed by atoms with van der Waals surface area (Å²) in [6.07, 6.45) is 60.7. The number of quaternary nitrogens is 1. The van der Waals surface area contributed by atoms with Crippen molar-refractivity contribution in [2.75, 3.05) is 40.9 Å². The predicted molar refractivity (Wildman–Crippen MR) is 295 cm³/mol. The number of hydrogen-bond acceptors (Lipinski definition) is 6. The minimum atomic E-state index is -4.45. The molecule has 0 bridgehead atoms. The third-order valence-electron chi connectivity index (χ3n) is 12.4. The lowest BCUT2D eigenvalue weighted by atomic mass is 10.0. The van der Waals surface area contributed by atoms with Crippen LogP contribution in [0.15, 0.2) is 60.8 Å². The molecule has 0 aliphatic heterocycles. The van der Waals surface area contributed by atoms with Crippen molar-refractivity contribution in [1.29, 1.82) is 0 Å². The molecule has 0 saturated carbocycles. The molecule has 1 amide bonds. The van der Waals surface area contributed by atoms with Gasteiger partial charge in [0, 0.05) is 12.8 Å². The standard InChI is InChI=1S/C59H109N2O7P/c1-7-10-13-16-19-22-25-27-28-29-30-31-32-34-37-40-43-46-49-52-59(63)68-57(50-47-44-41-38-36-33-26-23-20-17-14-11-8-2)56(55-67-69(64,65)66-54-53-61(4,5)6)60-58(62)51-48-45-42-39-35-24-21-18-15-12-9-3/h18-19,21-22,27-28,30-31,47,50,56-57H,7-17,20,23-26,29,32-46,48-49,51-55H2,1-6H3,(H-,60,62,64,65)/p+1/b21-18-,22-19-,28-27-,31-30-,50-47-. The quantitative estimate of drug-likeness (QED) is 0.0205. The Hall–Kier alpha value is -2.29. The van der Waals surface area contributed by atoms with Crippen molar-refractivity contribution in [3.8, 4) is 0 Å². The number of carbonyl (C=O) groups excluding carboxylic acids is 2. The normalized spacial score (nSPS) is 14.2. The zero-order valence-electron chi connectivity index (χ0n) is 45.8. The van der Waals surface area contributed by atoms with Crippen LogP contribution in [0.3, 0.4) is 0 Å². The van der Waals surface area contributed by atoms with E-state index in [9.17, 15) is 19.0 Å². The first-order valence-electron chi connectivity index (χ1n) is 28.6. The number of phosphoric acid groups is 1. The van der Waals surface area contributed by atoms with E-state index < -0.39 is 20.0 Å². The molecule has 0 fully saturated rings. The number of nitrogens with zero attached hydrogens (tertiary/aromatic N) is 1. The highest BCUT2D eigenvalue weighted by molar-refractivity contribution is 7.47. The molecular formula is C59H110N2O7P+. The van der Waals surface area contributed by atoms with Crippen molar-refractivity contribution in [1.82, 2.24) is 5.32 Å². The van der Waals surface area contributed by atoms with Gasteiger partial charge in [0.25, 0.3) is 0 Å². The molecule has 0 saturated heterocycles. The van der Waals surface area contributed by atoms with Crippen LogP contribution in [0.25, 0.3) is 0 Å². The molecule has 0 rings (SSSR count). The van der Waals surface area contributed by atoms with Gasteiger partial charge in [0.2, 0.25) is 5.91 Å². The smallest absolute Gasteiger partial charge is 0.456 e. The summed E-state index contributed by atoms with van der Waals surface area (Å²) >= 11 is 0. The Bertz CT molecular complexity index is 1370. The number of allylic oxidation sites excluding steroid dienone is 9. The second kappa shape index (κ2) is 49.3. The molecule has 0 aliphatic rings. The maximum atomic E-state index is 13.4. The number of unbranched alkanes of at least 4 members (excludes halogenated alkanes) is 27. The fourth-order valence-electron chi connectivity index (χ4n) is 7.93. The summed E-state index contributed by atoms with van der Waals surface area (Å²) in [5.74, 6) is -0.530. The molecule has 0 aliphatic carbocycles. The highest BCUT2D eigenvalue weighted by atomic mass is 31.2. The molecule has 3 unspecified atom stereocenters. The third kappa shape index (κ3) is 50.4. The number of phosphoric ester groups is 1. The molecule has 0 radical (unpaired) electrons. The molecule has 10 heteroatoms. The summed E-state index contributed by atoms with van der Waals surface area (Å²) in [5.41, 5.74) is 0. The average Bonchev–Trinajstić information content (AvgIpc) is 3.31. The molecule has 0 spiro atoms. The minimum Gasteiger partial charge on any atom is -0.456 e. The second-order valence-electron chi connectivity index (χ2n) is 20.5. The monoisotopic (exact) mass is 990 g/mol. The average molecular weight is 991 g/mol. The maximum Gasteiger partial charge on any atom is 0.472 e. The van der Waals surface area contributed by atoms with Crippen LogP contribution in [-0.2, 0) is 27.9 Å². The number of amides is 1. The van der Waals surface area contributed by atoms with E-state index >= 15 is 0 Å². The molecule has 0 aromatic heterocycles. The van der Waals surface area contributed by atoms with Crippen LogP contribution in [0.5, 0.6) is 0 Å². The van der Waals surface area contributed by atoms with Gasteiger partial charge in [0.1, 0.15) is 19.3 Å². The lowest BCUT2D eigenvalue weighted by molar-refractivity contribution is -0.870. The summed E-state index contributed by atoms with van der Waals surface area (Å²) in [4.78, 5) is 37.5. The topological polar surface area (TPSA) is 111 Å². The van der Waals surface area contributed by atoms with Gasteiger partial charge in [0.15, 0.2) is 0 Å². The Morgan fingerprint density at radius 2 is 0.899 bits per heavy atom. The first kappa shape index (κ1) is 66.7. The van der Waals surface area contributed by atoms with Crippen LogP contribution in [0.1, 0.15) is 252 Å². The fraction of sp³-hybridized carbons (Fsp3) is 0.797. The van der Waals surface area contributed by atoms with Crippen LogP contribution in [0, 0.1) is 0 Å². The van der Waals surface area contributed by atoms with Gasteiger partial charge in [-0.15, -0.1) is 0 Å². The Labute approximate surface area is 426 Å². The van der Waals surface area contributed by atoms with Crippen LogP contribution in [0.4, 0.5) is 0 Å². The minimum absolute atomic E-state index is 0.0351. The van der Waals surface area contributed by atoms with E-state index in [1.165, 1.54) is 109 Å². The van der Waals surface area contributed by atoms with Gasteiger partial charge in [-0.1, -0.05) is 210 Å². The van der Waals surface area contributed by atoms with Gasteiger partial charge in [-0.25, -0.2) is 4.57 Å². The van der Waals surface area contributed by atoms with E-state index in [4.69, 9.17) is 13.8 Å². The zero-order valence-corrected chi connectivity index (χ0v) is 46.7. The summed E-state index contributed by atoms with van der Waals surface area (Å²) in [6, 6.07) is -0.857. The van der Waals surface area contributed by atoms with Crippen molar-refractivity contribution >= 4 is 19.7 Å². The van der Waals surface area contributed by atoms with Crippen LogP contribution >= 0.6 is 7.82 Å². The molecular weight excluding hydrogens is 880 g/mol. The Kier molecular flexibility index (Phi) is 47.7. The first-order chi connectivity index (χ1) is 33.4. The fourth-order valence-corrected chi connectivity index (χ4v) is 8.66. The van der Waals surface area contributed by atoms with Crippen molar-refractivity contribution < 1.29 is 37.3 Å². The van der Waals surface area contributed by atoms with E-state index in [2.05, 4.69) is 74.7 Å². The Morgan fingerprint density at radius 3 is 1.41 bits per heavy atom. The second-order valence-corrected chi connectivity index (χ2v) is 21.9. The van der Waals surface area contributed by atoms with E-state index in [0.717, 1.165) is 109 Å². The molecule has 0 aromatic rings. The number of rotatable bonds is 51. The van der Waals surface area contributed by atoms with Crippen molar-refractivity contribution in [2.24, 2.45) is 0 Å². The number of nitrogens with one attached hydrogen (secondary N) is 1. The zero-order chi connectivity index (χ0) is 50.8. The molecule has 3 atom stereocenters. The number of carbonyl (C=O) groups is 2. The van der Waals surface area contributed by atoms with Gasteiger partial charge in [0.05, 0.1) is 33.8 Å². The lowest BCUT2D eigenvalue weighted by Gasteiger charge is -2.27. The van der Waals surface area contributed by atoms with Crippen LogP contribution in [0.2, 0.25) is 0 Å². The van der Waals surface area contributed by atoms with Gasteiger partial charge in [-0.05, 0) is 89.5 Å². The van der Waals surface area contributed by atoms with E-state index in [-0.39, 0.29) is 31.5 Å². The van der Waals surface area contributed by atoms with Gasteiger partial charge >= 0.3 is 13.8 Å². The summed E-state index contributed by atoms with van der Waals surface area (Å²) in [5, 5.41) is 3.03. The molecule has 2 N–H and O–H groups in total. The summed E-state index contributed by atoms with van der Waals surface area (Å²) in [7, 11) is 1.48. The highest BCUT2D eigenvalue weighted by Crippen LogP contribution is 2.43. The molecule has 0 aromatic carbocycles. The third-order valence-corrected chi connectivity index (χ3v) is 13.4. The molecule has 0 heterocycles. The van der Waals surface area contributed by atoms with Gasteiger partial charge in [-0.2, -0.15) is 0 Å². The Morgan fingerprint density at radius 1 is 0.507 bits per heavy atom. The van der Waals surface area contributed by atoms with Gasteiger partial charge in [-0.3, -0.25) is 18.6 Å². The van der Waals surface area contributed by atoms with E-state index in [1.807, 2.05) is 33.3 Å². The molecule has 402 valence electrons. The Balaban J connectivity index is 5.35. The largest absolute Gasteiger partial charge is 0.472 e. The maximum absolute atomic E-state index is 13.4. The van der Waals surface area contributed by atoms with Crippen molar-refractivity contribution in [2.45, 2.75) is 264 Å². The summed E-state index contributed by atoms with van der Waals surface area (Å²) < 4.78 is 30.6. The number of esters is 1. The van der Waals surface area contributed by atoms with Crippen LogP contribution < -0.4 is 5.32 Å². The highest BCUT2D eigenvalue weighted by Gasteiger charge is 2.30. The predicted octanol–water partition coefficient (Wildman–Crippen LogP) is 17.1. The molecule has 9 nitrogen and oxygen atoms in total. The van der Waals surface area contributed by atoms with Crippen LogP contribution in [-0.4, -0.2) is 74.3 Å². The van der Waals surface area contributed by atoms with Gasteiger partial charge < -0.3 is 19.4 Å². The first-order valence-corrected chi connectivity index (χ1v) is 30.1. The van der Waals surface area contributed by atoms with E-state index in [1.54, 1.807) is 0 Å².